The van der Waals surface area contributed by atoms with E-state index < -0.39 is 0 Å². The van der Waals surface area contributed by atoms with E-state index in [1.165, 1.54) is 65.7 Å². The standard InChI is InChI=1S/C42H30/c1-30(33-28-27-31-16-6-7-19-34(31)29-33)15-5-8-21-36-37-22-10-13-25-40(37)42(41-26-14-11-23-38(36)41)39-24-12-9-20-35(39)32-17-3-2-4-18-32/h2-3,5-17,19-20,22-29H,21H2,1H3/b8-5-,30-15+. The second kappa shape index (κ2) is 11.2. The van der Waals surface area contributed by atoms with Gasteiger partial charge in [-0.1, -0.05) is 146 Å². The summed E-state index contributed by atoms with van der Waals surface area (Å²) in [5.41, 5.74) is 8.59. The lowest BCUT2D eigenvalue weighted by Crippen LogP contribution is -1.94. The van der Waals surface area contributed by atoms with Gasteiger partial charge in [0.2, 0.25) is 0 Å². The normalized spacial score (nSPS) is 11.9. The second-order valence-electron chi connectivity index (χ2n) is 10.7. The topological polar surface area (TPSA) is 0 Å². The molecule has 0 aromatic heterocycles. The zero-order valence-corrected chi connectivity index (χ0v) is 23.6. The monoisotopic (exact) mass is 534 g/mol. The highest BCUT2D eigenvalue weighted by Crippen LogP contribution is 2.42. The third-order valence-electron chi connectivity index (χ3n) is 8.19. The number of hydrogen-bond acceptors (Lipinski definition) is 0. The molecule has 0 spiro atoms. The fourth-order valence-electron chi connectivity index (χ4n) is 6.10. The van der Waals surface area contributed by atoms with Crippen LogP contribution in [0.25, 0.3) is 60.1 Å². The summed E-state index contributed by atoms with van der Waals surface area (Å²) in [6.45, 7) is 2.19. The molecule has 0 saturated heterocycles. The van der Waals surface area contributed by atoms with Gasteiger partial charge < -0.3 is 0 Å². The molecule has 0 nitrogen and oxygen atoms in total. The zero-order valence-electron chi connectivity index (χ0n) is 23.6. The predicted octanol–water partition coefficient (Wildman–Crippen LogP) is 11.3. The minimum atomic E-state index is 0.853. The van der Waals surface area contributed by atoms with Crippen molar-refractivity contribution >= 4 is 37.9 Å². The van der Waals surface area contributed by atoms with Crippen molar-refractivity contribution in [3.8, 4) is 22.3 Å². The first-order valence-corrected chi connectivity index (χ1v) is 14.5. The lowest BCUT2D eigenvalue weighted by molar-refractivity contribution is 1.33. The Bertz CT molecular complexity index is 2050. The van der Waals surface area contributed by atoms with Crippen molar-refractivity contribution in [2.24, 2.45) is 0 Å². The Morgan fingerprint density at radius 2 is 1.26 bits per heavy atom. The van der Waals surface area contributed by atoms with Crippen LogP contribution in [0, 0.1) is 12.1 Å². The molecule has 0 aliphatic rings. The molecule has 0 radical (unpaired) electrons. The molecular formula is C42H30. The van der Waals surface area contributed by atoms with Crippen LogP contribution in [0.3, 0.4) is 0 Å². The van der Waals surface area contributed by atoms with Gasteiger partial charge in [-0.05, 0) is 97.3 Å². The molecule has 0 amide bonds. The third-order valence-corrected chi connectivity index (χ3v) is 8.19. The lowest BCUT2D eigenvalue weighted by Gasteiger charge is -2.18. The van der Waals surface area contributed by atoms with Crippen molar-refractivity contribution in [2.45, 2.75) is 13.3 Å². The number of hydrogen-bond donors (Lipinski definition) is 0. The molecule has 0 aliphatic heterocycles. The SMILES string of the molecule is C/C(=C\C=C/Cc1c2ccccc2c(-c2ccccc2-c2c#cccc2)c2ccccc12)c1ccc2ccccc2c1. The second-order valence-corrected chi connectivity index (χ2v) is 10.7. The molecule has 0 saturated carbocycles. The van der Waals surface area contributed by atoms with E-state index in [-0.39, 0.29) is 0 Å². The molecule has 7 aromatic carbocycles. The maximum atomic E-state index is 3.33. The third kappa shape index (κ3) is 4.77. The van der Waals surface area contributed by atoms with Gasteiger partial charge in [-0.15, -0.1) is 0 Å². The average molecular weight is 535 g/mol. The van der Waals surface area contributed by atoms with Gasteiger partial charge in [0.15, 0.2) is 0 Å². The van der Waals surface area contributed by atoms with Gasteiger partial charge in [0.25, 0.3) is 0 Å². The molecule has 198 valence electrons. The maximum Gasteiger partial charge on any atom is 0.0327 e. The van der Waals surface area contributed by atoms with Crippen molar-refractivity contribution in [3.63, 3.8) is 0 Å². The van der Waals surface area contributed by atoms with E-state index >= 15 is 0 Å². The van der Waals surface area contributed by atoms with E-state index in [1.54, 1.807) is 0 Å². The Morgan fingerprint density at radius 1 is 0.619 bits per heavy atom. The zero-order chi connectivity index (χ0) is 28.3. The number of fused-ring (bicyclic) bond motifs is 3. The maximum absolute atomic E-state index is 3.33. The molecule has 7 aromatic rings. The molecule has 0 bridgehead atoms. The molecule has 0 unspecified atom stereocenters. The van der Waals surface area contributed by atoms with Crippen LogP contribution in [0.4, 0.5) is 0 Å². The molecule has 0 atom stereocenters. The Morgan fingerprint density at radius 3 is 1.98 bits per heavy atom. The summed E-state index contributed by atoms with van der Waals surface area (Å²) < 4.78 is 0. The van der Waals surface area contributed by atoms with Crippen LogP contribution in [0.1, 0.15) is 18.1 Å². The molecule has 0 heteroatoms. The number of allylic oxidation sites excluding steroid dienone is 4. The van der Waals surface area contributed by atoms with E-state index in [0.717, 1.165) is 12.0 Å². The van der Waals surface area contributed by atoms with Crippen LogP contribution in [0.15, 0.2) is 152 Å². The summed E-state index contributed by atoms with van der Waals surface area (Å²) in [5.74, 6) is 0. The molecule has 0 aliphatic carbocycles. The first-order chi connectivity index (χ1) is 20.8. The van der Waals surface area contributed by atoms with Crippen molar-refractivity contribution in [3.05, 3.63) is 175 Å². The van der Waals surface area contributed by atoms with E-state index in [1.807, 2.05) is 12.1 Å². The fourth-order valence-corrected chi connectivity index (χ4v) is 6.10. The Labute approximate surface area is 247 Å². The molecule has 0 fully saturated rings. The first kappa shape index (κ1) is 25.6. The lowest BCUT2D eigenvalue weighted by atomic mass is 9.85. The fraction of sp³-hybridized carbons (Fsp3) is 0.0476. The summed E-state index contributed by atoms with van der Waals surface area (Å²) in [4.78, 5) is 0. The van der Waals surface area contributed by atoms with E-state index in [4.69, 9.17) is 0 Å². The Hall–Kier alpha value is -5.38. The van der Waals surface area contributed by atoms with Gasteiger partial charge >= 0.3 is 0 Å². The summed E-state index contributed by atoms with van der Waals surface area (Å²) in [6, 6.07) is 54.1. The highest BCUT2D eigenvalue weighted by molar-refractivity contribution is 6.16. The van der Waals surface area contributed by atoms with Crippen molar-refractivity contribution < 1.29 is 0 Å². The molecule has 0 heterocycles. The van der Waals surface area contributed by atoms with Crippen LogP contribution >= 0.6 is 0 Å². The van der Waals surface area contributed by atoms with Gasteiger partial charge in [-0.2, -0.15) is 0 Å². The van der Waals surface area contributed by atoms with Gasteiger partial charge in [-0.25, -0.2) is 0 Å². The Balaban J connectivity index is 1.31. The van der Waals surface area contributed by atoms with Crippen LogP contribution in [0.5, 0.6) is 0 Å². The smallest absolute Gasteiger partial charge is 0.0327 e. The number of rotatable bonds is 6. The van der Waals surface area contributed by atoms with Gasteiger partial charge in [0.05, 0.1) is 0 Å². The number of benzene rings is 6. The predicted molar refractivity (Wildman–Crippen MR) is 180 cm³/mol. The van der Waals surface area contributed by atoms with Gasteiger partial charge in [-0.3, -0.25) is 0 Å². The average Bonchev–Trinajstić information content (AvgIpc) is 3.06. The van der Waals surface area contributed by atoms with Crippen molar-refractivity contribution in [1.82, 2.24) is 0 Å². The quantitative estimate of drug-likeness (QED) is 0.147. The Kier molecular flexibility index (Phi) is 6.85. The van der Waals surface area contributed by atoms with Crippen LogP contribution in [-0.2, 0) is 6.42 Å². The molecule has 7 rings (SSSR count). The minimum absolute atomic E-state index is 0.853. The minimum Gasteiger partial charge on any atom is -0.0801 e. The molecule has 42 heavy (non-hydrogen) atoms. The summed E-state index contributed by atoms with van der Waals surface area (Å²) >= 11 is 0. The van der Waals surface area contributed by atoms with E-state index in [2.05, 4.69) is 159 Å². The largest absolute Gasteiger partial charge is 0.0801 e. The van der Waals surface area contributed by atoms with E-state index in [9.17, 15) is 0 Å². The van der Waals surface area contributed by atoms with Gasteiger partial charge in [0.1, 0.15) is 0 Å². The summed E-state index contributed by atoms with van der Waals surface area (Å²) in [6.07, 6.45) is 7.58. The first-order valence-electron chi connectivity index (χ1n) is 14.5. The highest BCUT2D eigenvalue weighted by atomic mass is 14.2. The summed E-state index contributed by atoms with van der Waals surface area (Å²) in [5, 5.41) is 7.68. The highest BCUT2D eigenvalue weighted by Gasteiger charge is 2.17. The van der Waals surface area contributed by atoms with E-state index in [0.29, 0.717) is 0 Å². The van der Waals surface area contributed by atoms with Crippen LogP contribution in [0.2, 0.25) is 0 Å². The van der Waals surface area contributed by atoms with Crippen LogP contribution in [-0.4, -0.2) is 0 Å². The molecular weight excluding hydrogens is 504 g/mol. The summed E-state index contributed by atoms with van der Waals surface area (Å²) in [7, 11) is 0. The van der Waals surface area contributed by atoms with Crippen LogP contribution < -0.4 is 0 Å². The van der Waals surface area contributed by atoms with Gasteiger partial charge in [0, 0.05) is 5.56 Å². The van der Waals surface area contributed by atoms with Crippen molar-refractivity contribution in [2.75, 3.05) is 0 Å². The van der Waals surface area contributed by atoms with Crippen molar-refractivity contribution in [1.29, 1.82) is 0 Å². The molecule has 0 N–H and O–H groups in total.